The van der Waals surface area contributed by atoms with Crippen LogP contribution in [0.5, 0.6) is 0 Å². The van der Waals surface area contributed by atoms with Crippen LogP contribution < -0.4 is 5.73 Å². The Morgan fingerprint density at radius 2 is 2.00 bits per heavy atom. The molecule has 0 saturated heterocycles. The van der Waals surface area contributed by atoms with Gasteiger partial charge in [0, 0.05) is 17.0 Å². The van der Waals surface area contributed by atoms with Crippen molar-refractivity contribution < 1.29 is 9.53 Å². The van der Waals surface area contributed by atoms with E-state index in [1.807, 2.05) is 18.2 Å². The average molecular weight is 256 g/mol. The van der Waals surface area contributed by atoms with Crippen molar-refractivity contribution in [1.82, 2.24) is 0 Å². The molecule has 0 amide bonds. The Balaban J connectivity index is 2.22. The lowest BCUT2D eigenvalue weighted by Gasteiger charge is -2.06. The van der Waals surface area contributed by atoms with Crippen molar-refractivity contribution >= 4 is 17.6 Å². The summed E-state index contributed by atoms with van der Waals surface area (Å²) in [4.78, 5) is 11.4. The highest BCUT2D eigenvalue weighted by Gasteiger charge is 2.05. The third kappa shape index (κ3) is 5.71. The Hall–Kier alpha value is -1.06. The summed E-state index contributed by atoms with van der Waals surface area (Å²) in [5.74, 6) is -0.179. The quantitative estimate of drug-likeness (QED) is 0.602. The Kier molecular flexibility index (Phi) is 6.67. The molecular weight excluding hydrogens is 238 g/mol. The number of rotatable bonds is 7. The van der Waals surface area contributed by atoms with Gasteiger partial charge < -0.3 is 10.5 Å². The number of carbonyl (C=O) groups excluding carboxylic acids is 1. The molecule has 3 nitrogen and oxygen atoms in total. The third-order valence-corrected chi connectivity index (χ3v) is 2.80. The van der Waals surface area contributed by atoms with Crippen molar-refractivity contribution in [2.75, 3.05) is 6.54 Å². The van der Waals surface area contributed by atoms with Crippen LogP contribution in [-0.2, 0) is 16.1 Å². The van der Waals surface area contributed by atoms with E-state index in [0.29, 0.717) is 18.0 Å². The third-order valence-electron chi connectivity index (χ3n) is 2.43. The predicted octanol–water partition coefficient (Wildman–Crippen LogP) is 2.90. The van der Waals surface area contributed by atoms with Crippen molar-refractivity contribution in [2.45, 2.75) is 32.3 Å². The highest BCUT2D eigenvalue weighted by Crippen LogP contribution is 2.16. The summed E-state index contributed by atoms with van der Waals surface area (Å²) < 4.78 is 5.13. The second kappa shape index (κ2) is 8.09. The number of benzene rings is 1. The molecule has 1 rings (SSSR count). The maximum absolute atomic E-state index is 11.4. The Morgan fingerprint density at radius 3 is 2.71 bits per heavy atom. The van der Waals surface area contributed by atoms with E-state index in [4.69, 9.17) is 22.1 Å². The number of esters is 1. The van der Waals surface area contributed by atoms with Crippen LogP contribution in [0.1, 0.15) is 31.2 Å². The molecule has 2 N–H and O–H groups in total. The Bertz CT molecular complexity index is 355. The zero-order chi connectivity index (χ0) is 12.5. The lowest BCUT2D eigenvalue weighted by Crippen LogP contribution is -2.05. The molecule has 0 heterocycles. The van der Waals surface area contributed by atoms with E-state index in [1.165, 1.54) is 0 Å². The second-order valence-electron chi connectivity index (χ2n) is 3.85. The average Bonchev–Trinajstić information content (AvgIpc) is 2.34. The maximum Gasteiger partial charge on any atom is 0.306 e. The van der Waals surface area contributed by atoms with Crippen LogP contribution in [0.15, 0.2) is 24.3 Å². The van der Waals surface area contributed by atoms with Gasteiger partial charge in [-0.15, -0.1) is 0 Å². The highest BCUT2D eigenvalue weighted by atomic mass is 35.5. The molecule has 1 aromatic carbocycles. The fourth-order valence-electron chi connectivity index (χ4n) is 1.44. The van der Waals surface area contributed by atoms with Gasteiger partial charge in [0.2, 0.25) is 0 Å². The normalized spacial score (nSPS) is 10.2. The van der Waals surface area contributed by atoms with E-state index in [9.17, 15) is 4.79 Å². The van der Waals surface area contributed by atoms with Crippen LogP contribution in [0.4, 0.5) is 0 Å². The monoisotopic (exact) mass is 255 g/mol. The molecule has 1 aromatic rings. The van der Waals surface area contributed by atoms with Crippen molar-refractivity contribution in [3.8, 4) is 0 Å². The number of ether oxygens (including phenoxy) is 1. The summed E-state index contributed by atoms with van der Waals surface area (Å²) in [6.45, 7) is 0.921. The summed E-state index contributed by atoms with van der Waals surface area (Å²) >= 11 is 5.95. The number of nitrogens with two attached hydrogens (primary N) is 1. The Labute approximate surface area is 107 Å². The predicted molar refractivity (Wildman–Crippen MR) is 68.8 cm³/mol. The smallest absolute Gasteiger partial charge is 0.306 e. The summed E-state index contributed by atoms with van der Waals surface area (Å²) in [5, 5.41) is 0.628. The number of hydrogen-bond donors (Lipinski definition) is 1. The molecule has 0 aliphatic heterocycles. The molecule has 17 heavy (non-hydrogen) atoms. The zero-order valence-corrected chi connectivity index (χ0v) is 10.6. The molecule has 0 aromatic heterocycles. The standard InChI is InChI=1S/C13H18ClNO2/c14-12-7-4-3-6-11(12)10-17-13(16)8-2-1-5-9-15/h3-4,6-7H,1-2,5,8-10,15H2. The van der Waals surface area contributed by atoms with Crippen LogP contribution in [-0.4, -0.2) is 12.5 Å². The minimum Gasteiger partial charge on any atom is -0.461 e. The topological polar surface area (TPSA) is 52.3 Å². The molecular formula is C13H18ClNO2. The van der Waals surface area contributed by atoms with Gasteiger partial charge in [0.25, 0.3) is 0 Å². The highest BCUT2D eigenvalue weighted by molar-refractivity contribution is 6.31. The number of carbonyl (C=O) groups is 1. The van der Waals surface area contributed by atoms with E-state index in [1.54, 1.807) is 6.07 Å². The first-order valence-electron chi connectivity index (χ1n) is 5.83. The number of halogens is 1. The van der Waals surface area contributed by atoms with E-state index >= 15 is 0 Å². The van der Waals surface area contributed by atoms with Crippen molar-refractivity contribution in [2.24, 2.45) is 5.73 Å². The largest absolute Gasteiger partial charge is 0.461 e. The summed E-state index contributed by atoms with van der Waals surface area (Å²) in [5.41, 5.74) is 6.20. The fourth-order valence-corrected chi connectivity index (χ4v) is 1.63. The molecule has 0 fully saturated rings. The maximum atomic E-state index is 11.4. The van der Waals surface area contributed by atoms with Gasteiger partial charge in [0.15, 0.2) is 0 Å². The van der Waals surface area contributed by atoms with Gasteiger partial charge in [-0.2, -0.15) is 0 Å². The number of hydrogen-bond acceptors (Lipinski definition) is 3. The van der Waals surface area contributed by atoms with Gasteiger partial charge >= 0.3 is 5.97 Å². The van der Waals surface area contributed by atoms with Crippen LogP contribution >= 0.6 is 11.6 Å². The second-order valence-corrected chi connectivity index (χ2v) is 4.26. The molecule has 0 aliphatic carbocycles. The van der Waals surface area contributed by atoms with Gasteiger partial charge in [-0.1, -0.05) is 36.2 Å². The molecule has 94 valence electrons. The molecule has 0 aliphatic rings. The summed E-state index contributed by atoms with van der Waals surface area (Å²) in [7, 11) is 0. The van der Waals surface area contributed by atoms with Crippen molar-refractivity contribution in [3.63, 3.8) is 0 Å². The SMILES string of the molecule is NCCCCCC(=O)OCc1ccccc1Cl. The van der Waals surface area contributed by atoms with Gasteiger partial charge in [-0.25, -0.2) is 0 Å². The minimum absolute atomic E-state index is 0.179. The molecule has 0 atom stereocenters. The lowest BCUT2D eigenvalue weighted by molar-refractivity contribution is -0.145. The first-order valence-corrected chi connectivity index (χ1v) is 6.21. The molecule has 0 bridgehead atoms. The van der Waals surface area contributed by atoms with Crippen LogP contribution in [0, 0.1) is 0 Å². The minimum atomic E-state index is -0.179. The summed E-state index contributed by atoms with van der Waals surface area (Å²) in [6.07, 6.45) is 3.21. The fraction of sp³-hybridized carbons (Fsp3) is 0.462. The molecule has 0 radical (unpaired) electrons. The van der Waals surface area contributed by atoms with E-state index in [2.05, 4.69) is 0 Å². The van der Waals surface area contributed by atoms with E-state index < -0.39 is 0 Å². The van der Waals surface area contributed by atoms with Crippen LogP contribution in [0.3, 0.4) is 0 Å². The molecule has 0 saturated carbocycles. The van der Waals surface area contributed by atoms with E-state index in [0.717, 1.165) is 24.8 Å². The van der Waals surface area contributed by atoms with Gasteiger partial charge in [-0.3, -0.25) is 4.79 Å². The number of unbranched alkanes of at least 4 members (excludes halogenated alkanes) is 2. The van der Waals surface area contributed by atoms with Gasteiger partial charge in [0.1, 0.15) is 6.61 Å². The first-order chi connectivity index (χ1) is 8.24. The molecule has 4 heteroatoms. The molecule has 0 spiro atoms. The Morgan fingerprint density at radius 1 is 1.24 bits per heavy atom. The molecule has 0 unspecified atom stereocenters. The van der Waals surface area contributed by atoms with Crippen LogP contribution in [0.2, 0.25) is 5.02 Å². The van der Waals surface area contributed by atoms with Crippen molar-refractivity contribution in [3.05, 3.63) is 34.9 Å². The summed E-state index contributed by atoms with van der Waals surface area (Å²) in [6, 6.07) is 7.35. The van der Waals surface area contributed by atoms with E-state index in [-0.39, 0.29) is 12.6 Å². The lowest BCUT2D eigenvalue weighted by atomic mass is 10.2. The van der Waals surface area contributed by atoms with Crippen LogP contribution in [0.25, 0.3) is 0 Å². The van der Waals surface area contributed by atoms with Gasteiger partial charge in [0.05, 0.1) is 0 Å². The van der Waals surface area contributed by atoms with Gasteiger partial charge in [-0.05, 0) is 25.5 Å². The van der Waals surface area contributed by atoms with Crippen molar-refractivity contribution in [1.29, 1.82) is 0 Å². The first kappa shape index (κ1) is 14.0. The zero-order valence-electron chi connectivity index (χ0n) is 9.82.